The van der Waals surface area contributed by atoms with Gasteiger partial charge in [-0.2, -0.15) is 0 Å². The van der Waals surface area contributed by atoms with Crippen molar-refractivity contribution in [2.45, 2.75) is 6.92 Å². The summed E-state index contributed by atoms with van der Waals surface area (Å²) >= 11 is 0. The van der Waals surface area contributed by atoms with Crippen LogP contribution in [0.1, 0.15) is 5.56 Å². The summed E-state index contributed by atoms with van der Waals surface area (Å²) in [6.45, 7) is 1.86. The number of hydrogen-bond acceptors (Lipinski definition) is 2. The van der Waals surface area contributed by atoms with Crippen LogP contribution in [0.2, 0.25) is 0 Å². The molecule has 0 spiro atoms. The summed E-state index contributed by atoms with van der Waals surface area (Å²) in [5, 5.41) is 10.4. The van der Waals surface area contributed by atoms with E-state index >= 15 is 0 Å². The molecule has 1 aromatic heterocycles. The predicted octanol–water partition coefficient (Wildman–Crippen LogP) is 2.83. The summed E-state index contributed by atoms with van der Waals surface area (Å²) in [5.41, 5.74) is 1.79. The van der Waals surface area contributed by atoms with Crippen LogP contribution >= 0.6 is 17.0 Å². The van der Waals surface area contributed by atoms with Crippen LogP contribution in [-0.2, 0) is 0 Å². The molecule has 2 nitrogen and oxygen atoms in total. The molecule has 0 atom stereocenters. The van der Waals surface area contributed by atoms with E-state index in [9.17, 15) is 5.11 Å². The molecule has 2 rings (SSSR count). The number of phenols is 1. The normalized spacial score (nSPS) is 9.62. The van der Waals surface area contributed by atoms with Gasteiger partial charge < -0.3 is 5.11 Å². The average molecular weight is 240 g/mol. The molecule has 0 aliphatic carbocycles. The van der Waals surface area contributed by atoms with Gasteiger partial charge in [-0.1, -0.05) is 6.07 Å². The molecule has 13 heavy (non-hydrogen) atoms. The second-order valence-corrected chi connectivity index (χ2v) is 2.83. The Balaban J connectivity index is 0.000000845. The van der Waals surface area contributed by atoms with Gasteiger partial charge in [-0.05, 0) is 30.7 Å². The molecule has 0 aliphatic rings. The molecule has 0 bridgehead atoms. The fourth-order valence-corrected chi connectivity index (χ4v) is 1.21. The van der Waals surface area contributed by atoms with Crippen LogP contribution < -0.4 is 0 Å². The van der Waals surface area contributed by atoms with Gasteiger partial charge in [-0.3, -0.25) is 4.98 Å². The van der Waals surface area contributed by atoms with Crippen molar-refractivity contribution in [3.8, 4) is 5.75 Å². The largest absolute Gasteiger partial charge is 0.508 e. The Labute approximate surface area is 87.0 Å². The van der Waals surface area contributed by atoms with E-state index in [0.29, 0.717) is 5.75 Å². The third-order valence-corrected chi connectivity index (χ3v) is 1.92. The number of nitrogens with zero attached hydrogens (tertiary/aromatic N) is 1. The number of pyridine rings is 1. The molecule has 0 saturated carbocycles. The van der Waals surface area contributed by atoms with Gasteiger partial charge in [0.05, 0.1) is 5.52 Å². The number of fused-ring (bicyclic) bond motifs is 1. The van der Waals surface area contributed by atoms with Crippen LogP contribution in [0, 0.1) is 6.92 Å². The number of aromatic hydroxyl groups is 1. The summed E-state index contributed by atoms with van der Waals surface area (Å²) < 4.78 is 0. The van der Waals surface area contributed by atoms with Crippen molar-refractivity contribution in [2.75, 3.05) is 0 Å². The minimum atomic E-state index is 0. The highest BCUT2D eigenvalue weighted by Crippen LogP contribution is 2.22. The van der Waals surface area contributed by atoms with Gasteiger partial charge in [-0.25, -0.2) is 0 Å². The first-order chi connectivity index (χ1) is 5.77. The molecule has 0 aliphatic heterocycles. The first kappa shape index (κ1) is 9.99. The number of benzene rings is 1. The Morgan fingerprint density at radius 3 is 2.85 bits per heavy atom. The Hall–Kier alpha value is -1.09. The second kappa shape index (κ2) is 3.75. The van der Waals surface area contributed by atoms with E-state index < -0.39 is 0 Å². The smallest absolute Gasteiger partial charge is 0.119 e. The Morgan fingerprint density at radius 2 is 2.08 bits per heavy atom. The van der Waals surface area contributed by atoms with Crippen LogP contribution in [-0.4, -0.2) is 10.1 Å². The molecule has 1 N–H and O–H groups in total. The standard InChI is InChI=1S/C10H9NO.BrH/c1-7-5-9-8(6-10(7)12)3-2-4-11-9;/h2-6,12H,1H3;1H. The zero-order valence-electron chi connectivity index (χ0n) is 7.19. The van der Waals surface area contributed by atoms with Crippen LogP contribution in [0.4, 0.5) is 0 Å². The van der Waals surface area contributed by atoms with E-state index in [0.717, 1.165) is 16.5 Å². The number of halogens is 1. The third-order valence-electron chi connectivity index (χ3n) is 1.92. The molecule has 0 saturated heterocycles. The van der Waals surface area contributed by atoms with Gasteiger partial charge in [0.1, 0.15) is 5.75 Å². The Morgan fingerprint density at radius 1 is 1.31 bits per heavy atom. The van der Waals surface area contributed by atoms with Gasteiger partial charge >= 0.3 is 0 Å². The molecule has 1 heterocycles. The van der Waals surface area contributed by atoms with Gasteiger partial charge in [-0.15, -0.1) is 17.0 Å². The van der Waals surface area contributed by atoms with Crippen molar-refractivity contribution in [1.82, 2.24) is 4.98 Å². The molecule has 68 valence electrons. The molecular formula is C10H10BrNO. The van der Waals surface area contributed by atoms with E-state index in [4.69, 9.17) is 0 Å². The Bertz CT molecular complexity index is 388. The fraction of sp³-hybridized carbons (Fsp3) is 0.100. The second-order valence-electron chi connectivity index (χ2n) is 2.83. The van der Waals surface area contributed by atoms with Crippen molar-refractivity contribution in [3.05, 3.63) is 36.0 Å². The summed E-state index contributed by atoms with van der Waals surface area (Å²) in [5.74, 6) is 0.329. The van der Waals surface area contributed by atoms with Crippen molar-refractivity contribution >= 4 is 27.9 Å². The highest BCUT2D eigenvalue weighted by Gasteiger charge is 1.98. The van der Waals surface area contributed by atoms with Crippen molar-refractivity contribution in [1.29, 1.82) is 0 Å². The first-order valence-corrected chi connectivity index (χ1v) is 3.82. The SMILES string of the molecule is Br.Cc1cc2ncccc2cc1O. The molecule has 0 unspecified atom stereocenters. The summed E-state index contributed by atoms with van der Waals surface area (Å²) in [6, 6.07) is 7.40. The molecule has 0 amide bonds. The number of rotatable bonds is 0. The summed E-state index contributed by atoms with van der Waals surface area (Å²) in [4.78, 5) is 4.17. The van der Waals surface area contributed by atoms with Crippen molar-refractivity contribution in [3.63, 3.8) is 0 Å². The van der Waals surface area contributed by atoms with Crippen LogP contribution in [0.5, 0.6) is 5.75 Å². The van der Waals surface area contributed by atoms with Gasteiger partial charge in [0, 0.05) is 11.6 Å². The summed E-state index contributed by atoms with van der Waals surface area (Å²) in [7, 11) is 0. The Kier molecular flexibility index (Phi) is 2.88. The molecular weight excluding hydrogens is 230 g/mol. The lowest BCUT2D eigenvalue weighted by atomic mass is 10.1. The van der Waals surface area contributed by atoms with E-state index in [1.54, 1.807) is 12.3 Å². The van der Waals surface area contributed by atoms with Crippen LogP contribution in [0.15, 0.2) is 30.5 Å². The lowest BCUT2D eigenvalue weighted by Gasteiger charge is -2.00. The van der Waals surface area contributed by atoms with Crippen molar-refractivity contribution in [2.24, 2.45) is 0 Å². The molecule has 1 aromatic carbocycles. The number of aromatic nitrogens is 1. The van der Waals surface area contributed by atoms with E-state index in [-0.39, 0.29) is 17.0 Å². The highest BCUT2D eigenvalue weighted by molar-refractivity contribution is 8.93. The average Bonchev–Trinajstić information content (AvgIpc) is 2.07. The molecule has 0 fully saturated rings. The van der Waals surface area contributed by atoms with Crippen molar-refractivity contribution < 1.29 is 5.11 Å². The van der Waals surface area contributed by atoms with E-state index in [1.807, 2.05) is 25.1 Å². The van der Waals surface area contributed by atoms with E-state index in [2.05, 4.69) is 4.98 Å². The minimum Gasteiger partial charge on any atom is -0.508 e. The van der Waals surface area contributed by atoms with E-state index in [1.165, 1.54) is 0 Å². The zero-order chi connectivity index (χ0) is 8.55. The topological polar surface area (TPSA) is 33.1 Å². The fourth-order valence-electron chi connectivity index (χ4n) is 1.21. The number of aryl methyl sites for hydroxylation is 1. The minimum absolute atomic E-state index is 0. The van der Waals surface area contributed by atoms with Gasteiger partial charge in [0.25, 0.3) is 0 Å². The predicted molar refractivity (Wildman–Crippen MR) is 58.5 cm³/mol. The summed E-state index contributed by atoms with van der Waals surface area (Å²) in [6.07, 6.45) is 1.75. The first-order valence-electron chi connectivity index (χ1n) is 3.82. The molecule has 2 aromatic rings. The highest BCUT2D eigenvalue weighted by atomic mass is 79.9. The monoisotopic (exact) mass is 239 g/mol. The van der Waals surface area contributed by atoms with Gasteiger partial charge in [0.15, 0.2) is 0 Å². The lowest BCUT2D eigenvalue weighted by molar-refractivity contribution is 0.472. The number of phenolic OH excluding ortho intramolecular Hbond substituents is 1. The van der Waals surface area contributed by atoms with Gasteiger partial charge in [0.2, 0.25) is 0 Å². The number of hydrogen-bond donors (Lipinski definition) is 1. The maximum atomic E-state index is 9.39. The maximum absolute atomic E-state index is 9.39. The van der Waals surface area contributed by atoms with Crippen LogP contribution in [0.3, 0.4) is 0 Å². The third kappa shape index (κ3) is 1.80. The molecule has 0 radical (unpaired) electrons. The molecule has 3 heteroatoms. The quantitative estimate of drug-likeness (QED) is 0.768. The maximum Gasteiger partial charge on any atom is 0.119 e. The zero-order valence-corrected chi connectivity index (χ0v) is 8.90. The van der Waals surface area contributed by atoms with Crippen LogP contribution in [0.25, 0.3) is 10.9 Å². The lowest BCUT2D eigenvalue weighted by Crippen LogP contribution is -1.79.